The van der Waals surface area contributed by atoms with Gasteiger partial charge in [-0.2, -0.15) is 0 Å². The molecule has 27 heavy (non-hydrogen) atoms. The lowest BCUT2D eigenvalue weighted by molar-refractivity contribution is -0.0767. The molecular formula is C22H23FN2O2. The standard InChI is InChI=1S/C22H23FN2O2/c1-14-12-25(13-15(2)27-14)22(16-5-7-18(23)8-6-16)19-11-20-17(10-21(19)26)4-3-9-24-20/h3-11,14-15,22,26H,12-13H2,1-2H3. The summed E-state index contributed by atoms with van der Waals surface area (Å²) in [5, 5.41) is 11.7. The summed E-state index contributed by atoms with van der Waals surface area (Å²) < 4.78 is 19.4. The second kappa shape index (κ2) is 7.25. The van der Waals surface area contributed by atoms with Crippen molar-refractivity contribution >= 4 is 10.9 Å². The molecular weight excluding hydrogens is 343 g/mol. The first kappa shape index (κ1) is 17.9. The Morgan fingerprint density at radius 2 is 1.81 bits per heavy atom. The maximum absolute atomic E-state index is 13.5. The number of fused-ring (bicyclic) bond motifs is 1. The summed E-state index contributed by atoms with van der Waals surface area (Å²) in [6.45, 7) is 5.55. The van der Waals surface area contributed by atoms with E-state index in [2.05, 4.69) is 9.88 Å². The van der Waals surface area contributed by atoms with Gasteiger partial charge in [-0.15, -0.1) is 0 Å². The number of hydrogen-bond donors (Lipinski definition) is 1. The number of rotatable bonds is 3. The minimum atomic E-state index is -0.273. The third kappa shape index (κ3) is 3.66. The fraction of sp³-hybridized carbons (Fsp3) is 0.318. The Hall–Kier alpha value is -2.50. The van der Waals surface area contributed by atoms with Crippen molar-refractivity contribution < 1.29 is 14.2 Å². The van der Waals surface area contributed by atoms with Crippen molar-refractivity contribution in [2.75, 3.05) is 13.1 Å². The first-order valence-electron chi connectivity index (χ1n) is 9.24. The van der Waals surface area contributed by atoms with E-state index in [1.807, 2.05) is 32.0 Å². The first-order valence-corrected chi connectivity index (χ1v) is 9.24. The molecule has 0 aliphatic carbocycles. The fourth-order valence-corrected chi connectivity index (χ4v) is 4.00. The molecule has 1 saturated heterocycles. The SMILES string of the molecule is CC1CN(C(c2ccc(F)cc2)c2cc3ncccc3cc2O)CC(C)O1. The van der Waals surface area contributed by atoms with E-state index in [0.717, 1.165) is 35.1 Å². The van der Waals surface area contributed by atoms with Gasteiger partial charge >= 0.3 is 0 Å². The molecule has 0 saturated carbocycles. The number of hydrogen-bond acceptors (Lipinski definition) is 4. The maximum Gasteiger partial charge on any atom is 0.123 e. The van der Waals surface area contributed by atoms with Gasteiger partial charge in [-0.25, -0.2) is 4.39 Å². The minimum absolute atomic E-state index is 0.0809. The number of morpholine rings is 1. The maximum atomic E-state index is 13.5. The van der Waals surface area contributed by atoms with Gasteiger partial charge in [0.05, 0.1) is 23.8 Å². The quantitative estimate of drug-likeness (QED) is 0.752. The molecule has 2 aromatic carbocycles. The van der Waals surface area contributed by atoms with E-state index < -0.39 is 0 Å². The Kier molecular flexibility index (Phi) is 4.81. The van der Waals surface area contributed by atoms with E-state index in [0.29, 0.717) is 0 Å². The number of nitrogens with zero attached hydrogens (tertiary/aromatic N) is 2. The smallest absolute Gasteiger partial charge is 0.123 e. The summed E-state index contributed by atoms with van der Waals surface area (Å²) in [6.07, 6.45) is 1.91. The molecule has 3 unspecified atom stereocenters. The molecule has 4 nitrogen and oxygen atoms in total. The minimum Gasteiger partial charge on any atom is -0.508 e. The van der Waals surface area contributed by atoms with E-state index in [1.165, 1.54) is 12.1 Å². The number of phenols is 1. The summed E-state index contributed by atoms with van der Waals surface area (Å²) >= 11 is 0. The lowest BCUT2D eigenvalue weighted by atomic mass is 9.94. The van der Waals surface area contributed by atoms with Crippen LogP contribution in [0.15, 0.2) is 54.7 Å². The molecule has 1 aliphatic heterocycles. The Morgan fingerprint density at radius 3 is 2.52 bits per heavy atom. The van der Waals surface area contributed by atoms with Gasteiger partial charge in [-0.1, -0.05) is 18.2 Å². The number of aromatic nitrogens is 1. The Balaban J connectivity index is 1.84. The summed E-state index contributed by atoms with van der Waals surface area (Å²) in [4.78, 5) is 6.72. The molecule has 140 valence electrons. The molecule has 5 heteroatoms. The second-order valence-electron chi connectivity index (χ2n) is 7.27. The van der Waals surface area contributed by atoms with Crippen LogP contribution in [0.1, 0.15) is 31.0 Å². The monoisotopic (exact) mass is 366 g/mol. The predicted molar refractivity (Wildman–Crippen MR) is 103 cm³/mol. The summed E-state index contributed by atoms with van der Waals surface area (Å²) in [7, 11) is 0. The average molecular weight is 366 g/mol. The van der Waals surface area contributed by atoms with Gasteiger partial charge in [0, 0.05) is 30.2 Å². The Labute approximate surface area is 158 Å². The van der Waals surface area contributed by atoms with Crippen molar-refractivity contribution in [3.63, 3.8) is 0 Å². The van der Waals surface area contributed by atoms with Gasteiger partial charge in [0.25, 0.3) is 0 Å². The van der Waals surface area contributed by atoms with Crippen LogP contribution < -0.4 is 0 Å². The average Bonchev–Trinajstić information content (AvgIpc) is 2.63. The summed E-state index contributed by atoms with van der Waals surface area (Å²) in [6, 6.07) is 13.8. The highest BCUT2D eigenvalue weighted by Crippen LogP contribution is 2.37. The Bertz CT molecular complexity index is 935. The van der Waals surface area contributed by atoms with E-state index >= 15 is 0 Å². The molecule has 0 spiro atoms. The number of aromatic hydroxyl groups is 1. The molecule has 1 N–H and O–H groups in total. The van der Waals surface area contributed by atoms with Gasteiger partial charge in [0.15, 0.2) is 0 Å². The van der Waals surface area contributed by atoms with E-state index in [4.69, 9.17) is 4.74 Å². The molecule has 2 heterocycles. The zero-order valence-electron chi connectivity index (χ0n) is 15.5. The van der Waals surface area contributed by atoms with Crippen LogP contribution in [0.3, 0.4) is 0 Å². The Morgan fingerprint density at radius 1 is 1.11 bits per heavy atom. The molecule has 1 aliphatic rings. The second-order valence-corrected chi connectivity index (χ2v) is 7.27. The van der Waals surface area contributed by atoms with Gasteiger partial charge in [-0.3, -0.25) is 9.88 Å². The van der Waals surface area contributed by atoms with Gasteiger partial charge in [0.1, 0.15) is 11.6 Å². The van der Waals surface area contributed by atoms with Crippen molar-refractivity contribution in [1.82, 2.24) is 9.88 Å². The van der Waals surface area contributed by atoms with E-state index in [9.17, 15) is 9.50 Å². The first-order chi connectivity index (χ1) is 13.0. The number of pyridine rings is 1. The van der Waals surface area contributed by atoms with Gasteiger partial charge in [-0.05, 0) is 49.7 Å². The largest absolute Gasteiger partial charge is 0.508 e. The lowest BCUT2D eigenvalue weighted by Crippen LogP contribution is -2.47. The number of benzene rings is 2. The third-order valence-electron chi connectivity index (χ3n) is 5.04. The molecule has 3 aromatic rings. The van der Waals surface area contributed by atoms with Crippen molar-refractivity contribution in [3.05, 3.63) is 71.7 Å². The highest BCUT2D eigenvalue weighted by molar-refractivity contribution is 5.81. The summed E-state index contributed by atoms with van der Waals surface area (Å²) in [5.74, 6) is -0.0535. The van der Waals surface area contributed by atoms with Crippen LogP contribution in [0.25, 0.3) is 10.9 Å². The van der Waals surface area contributed by atoms with Crippen molar-refractivity contribution in [2.45, 2.75) is 32.1 Å². The van der Waals surface area contributed by atoms with E-state index in [1.54, 1.807) is 24.4 Å². The molecule has 1 fully saturated rings. The molecule has 0 amide bonds. The van der Waals surface area contributed by atoms with Gasteiger partial charge < -0.3 is 9.84 Å². The van der Waals surface area contributed by atoms with Crippen LogP contribution in [0.4, 0.5) is 4.39 Å². The normalized spacial score (nSPS) is 22.0. The van der Waals surface area contributed by atoms with Crippen LogP contribution in [0.2, 0.25) is 0 Å². The lowest BCUT2D eigenvalue weighted by Gasteiger charge is -2.40. The zero-order chi connectivity index (χ0) is 19.0. The van der Waals surface area contributed by atoms with Crippen LogP contribution in [-0.4, -0.2) is 40.3 Å². The molecule has 1 aromatic heterocycles. The summed E-state index contributed by atoms with van der Waals surface area (Å²) in [5.41, 5.74) is 2.53. The van der Waals surface area contributed by atoms with Crippen LogP contribution in [0.5, 0.6) is 5.75 Å². The number of halogens is 1. The predicted octanol–water partition coefficient (Wildman–Crippen LogP) is 4.28. The molecule has 0 bridgehead atoms. The number of phenolic OH excluding ortho intramolecular Hbond substituents is 1. The molecule has 3 atom stereocenters. The van der Waals surface area contributed by atoms with Crippen molar-refractivity contribution in [3.8, 4) is 5.75 Å². The third-order valence-corrected chi connectivity index (χ3v) is 5.04. The highest BCUT2D eigenvalue weighted by Gasteiger charge is 2.31. The highest BCUT2D eigenvalue weighted by atomic mass is 19.1. The van der Waals surface area contributed by atoms with Crippen molar-refractivity contribution in [1.29, 1.82) is 0 Å². The van der Waals surface area contributed by atoms with Gasteiger partial charge in [0.2, 0.25) is 0 Å². The zero-order valence-corrected chi connectivity index (χ0v) is 15.5. The molecule has 0 radical (unpaired) electrons. The fourth-order valence-electron chi connectivity index (χ4n) is 4.00. The van der Waals surface area contributed by atoms with Crippen molar-refractivity contribution in [2.24, 2.45) is 0 Å². The van der Waals surface area contributed by atoms with Crippen LogP contribution in [-0.2, 0) is 4.74 Å². The van der Waals surface area contributed by atoms with E-state index in [-0.39, 0.29) is 29.8 Å². The topological polar surface area (TPSA) is 45.6 Å². The molecule has 4 rings (SSSR count). The van der Waals surface area contributed by atoms with Crippen LogP contribution in [0, 0.1) is 5.82 Å². The number of ether oxygens (including phenoxy) is 1. The van der Waals surface area contributed by atoms with Crippen LogP contribution >= 0.6 is 0 Å².